The first-order chi connectivity index (χ1) is 10.1. The minimum Gasteiger partial charge on any atom is -0.344 e. The second-order valence-corrected chi connectivity index (χ2v) is 5.10. The first-order valence-electron chi connectivity index (χ1n) is 6.76. The van der Waals surface area contributed by atoms with Crippen molar-refractivity contribution in [3.63, 3.8) is 0 Å². The number of carbonyl (C=O) groups excluding carboxylic acids is 2. The summed E-state index contributed by atoms with van der Waals surface area (Å²) in [6.45, 7) is 2.82. The number of nitrogens with one attached hydrogen (secondary N) is 1. The smallest absolute Gasteiger partial charge is 0.329 e. The van der Waals surface area contributed by atoms with Gasteiger partial charge in [-0.25, -0.2) is 5.48 Å². The molecule has 3 rings (SSSR count). The SMILES string of the molecule is CC(=O)ONc1c(C(C)=O)ccc2c1Cc1ccccc1-2. The van der Waals surface area contributed by atoms with Crippen molar-refractivity contribution in [3.8, 4) is 11.1 Å². The molecule has 2 aromatic carbocycles. The number of fused-ring (bicyclic) bond motifs is 3. The van der Waals surface area contributed by atoms with Crippen LogP contribution in [0.25, 0.3) is 11.1 Å². The standard InChI is InChI=1S/C17H15NO3/c1-10(19)13-7-8-15-14-6-4-3-5-12(14)9-16(15)17(13)18-21-11(2)20/h3-8,18H,9H2,1-2H3. The highest BCUT2D eigenvalue weighted by Crippen LogP contribution is 2.41. The zero-order valence-corrected chi connectivity index (χ0v) is 11.9. The molecule has 0 radical (unpaired) electrons. The van der Waals surface area contributed by atoms with Gasteiger partial charge >= 0.3 is 5.97 Å². The quantitative estimate of drug-likeness (QED) is 0.591. The first-order valence-corrected chi connectivity index (χ1v) is 6.76. The van der Waals surface area contributed by atoms with E-state index >= 15 is 0 Å². The highest BCUT2D eigenvalue weighted by Gasteiger charge is 2.24. The molecule has 0 fully saturated rings. The van der Waals surface area contributed by atoms with Crippen LogP contribution in [0.4, 0.5) is 5.69 Å². The van der Waals surface area contributed by atoms with Crippen LogP contribution in [0.15, 0.2) is 36.4 Å². The predicted octanol–water partition coefficient (Wildman–Crippen LogP) is 3.35. The number of Topliss-reactive ketones (excluding diaryl/α,β-unsaturated/α-hetero) is 1. The maximum Gasteiger partial charge on any atom is 0.329 e. The monoisotopic (exact) mass is 281 g/mol. The Morgan fingerprint density at radius 3 is 2.52 bits per heavy atom. The van der Waals surface area contributed by atoms with Crippen molar-refractivity contribution >= 4 is 17.4 Å². The van der Waals surface area contributed by atoms with Gasteiger partial charge in [0.15, 0.2) is 5.78 Å². The van der Waals surface area contributed by atoms with Crippen LogP contribution in [0.5, 0.6) is 0 Å². The lowest BCUT2D eigenvalue weighted by Crippen LogP contribution is -2.11. The Bertz CT molecular complexity index is 750. The van der Waals surface area contributed by atoms with Crippen LogP contribution in [0.1, 0.15) is 35.3 Å². The Morgan fingerprint density at radius 1 is 1.05 bits per heavy atom. The van der Waals surface area contributed by atoms with Gasteiger partial charge in [0.1, 0.15) is 0 Å². The fraction of sp³-hybridized carbons (Fsp3) is 0.176. The van der Waals surface area contributed by atoms with Gasteiger partial charge in [-0.2, -0.15) is 0 Å². The predicted molar refractivity (Wildman–Crippen MR) is 80.1 cm³/mol. The number of hydrogen-bond acceptors (Lipinski definition) is 4. The first kappa shape index (κ1) is 13.4. The van der Waals surface area contributed by atoms with E-state index in [1.165, 1.54) is 19.4 Å². The number of carbonyl (C=O) groups is 2. The van der Waals surface area contributed by atoms with E-state index < -0.39 is 5.97 Å². The molecule has 0 spiro atoms. The van der Waals surface area contributed by atoms with Crippen molar-refractivity contribution < 1.29 is 14.4 Å². The summed E-state index contributed by atoms with van der Waals surface area (Å²) in [6.07, 6.45) is 0.718. The molecule has 21 heavy (non-hydrogen) atoms. The van der Waals surface area contributed by atoms with Crippen molar-refractivity contribution in [2.24, 2.45) is 0 Å². The van der Waals surface area contributed by atoms with Crippen molar-refractivity contribution in [3.05, 3.63) is 53.1 Å². The van der Waals surface area contributed by atoms with Gasteiger partial charge in [0.05, 0.1) is 5.69 Å². The molecular weight excluding hydrogens is 266 g/mol. The zero-order chi connectivity index (χ0) is 15.0. The number of ketones is 1. The van der Waals surface area contributed by atoms with E-state index in [9.17, 15) is 9.59 Å². The molecule has 0 heterocycles. The summed E-state index contributed by atoms with van der Waals surface area (Å²) in [7, 11) is 0. The summed E-state index contributed by atoms with van der Waals surface area (Å²) in [5, 5.41) is 0. The Balaban J connectivity index is 2.13. The van der Waals surface area contributed by atoms with E-state index in [4.69, 9.17) is 4.84 Å². The van der Waals surface area contributed by atoms with Crippen LogP contribution >= 0.6 is 0 Å². The molecule has 4 heteroatoms. The summed E-state index contributed by atoms with van der Waals surface area (Å²) in [5.41, 5.74) is 8.21. The summed E-state index contributed by atoms with van der Waals surface area (Å²) in [4.78, 5) is 27.8. The molecule has 0 bridgehead atoms. The van der Waals surface area contributed by atoms with Gasteiger partial charge in [-0.15, -0.1) is 0 Å². The lowest BCUT2D eigenvalue weighted by atomic mass is 9.99. The van der Waals surface area contributed by atoms with Crippen molar-refractivity contribution in [1.29, 1.82) is 0 Å². The summed E-state index contributed by atoms with van der Waals surface area (Å²) in [6, 6.07) is 11.8. The molecule has 106 valence electrons. The largest absolute Gasteiger partial charge is 0.344 e. The normalized spacial score (nSPS) is 11.5. The molecular formula is C17H15NO3. The van der Waals surface area contributed by atoms with E-state index in [2.05, 4.69) is 17.6 Å². The Labute approximate surface area is 122 Å². The Kier molecular flexibility index (Phi) is 3.22. The second-order valence-electron chi connectivity index (χ2n) is 5.10. The van der Waals surface area contributed by atoms with E-state index in [-0.39, 0.29) is 5.78 Å². The van der Waals surface area contributed by atoms with Crippen LogP contribution in [0.2, 0.25) is 0 Å². The average molecular weight is 281 g/mol. The minimum absolute atomic E-state index is 0.0663. The molecule has 1 aliphatic carbocycles. The maximum atomic E-state index is 11.8. The summed E-state index contributed by atoms with van der Waals surface area (Å²) >= 11 is 0. The molecule has 0 atom stereocenters. The number of hydrogen-bond donors (Lipinski definition) is 1. The van der Waals surface area contributed by atoms with E-state index in [1.54, 1.807) is 6.07 Å². The van der Waals surface area contributed by atoms with E-state index in [1.807, 2.05) is 18.2 Å². The fourth-order valence-corrected chi connectivity index (χ4v) is 2.74. The van der Waals surface area contributed by atoms with Gasteiger partial charge < -0.3 is 4.84 Å². The van der Waals surface area contributed by atoms with Gasteiger partial charge in [0.25, 0.3) is 0 Å². The maximum absolute atomic E-state index is 11.8. The van der Waals surface area contributed by atoms with Crippen molar-refractivity contribution in [1.82, 2.24) is 0 Å². The third-order valence-corrected chi connectivity index (χ3v) is 3.66. The van der Waals surface area contributed by atoms with Crippen LogP contribution in [-0.4, -0.2) is 11.8 Å². The second kappa shape index (κ2) is 5.05. The highest BCUT2D eigenvalue weighted by atomic mass is 16.7. The average Bonchev–Trinajstić information content (AvgIpc) is 2.83. The third-order valence-electron chi connectivity index (χ3n) is 3.66. The molecule has 0 aliphatic heterocycles. The van der Waals surface area contributed by atoms with Gasteiger partial charge in [0.2, 0.25) is 0 Å². The third kappa shape index (κ3) is 2.29. The number of rotatable bonds is 3. The molecule has 0 saturated carbocycles. The molecule has 1 N–H and O–H groups in total. The lowest BCUT2D eigenvalue weighted by Gasteiger charge is -2.14. The van der Waals surface area contributed by atoms with Gasteiger partial charge in [0, 0.05) is 18.9 Å². The van der Waals surface area contributed by atoms with Crippen LogP contribution < -0.4 is 5.48 Å². The topological polar surface area (TPSA) is 55.4 Å². The van der Waals surface area contributed by atoms with Gasteiger partial charge in [-0.05, 0) is 35.2 Å². The number of anilines is 1. The lowest BCUT2D eigenvalue weighted by molar-refractivity contribution is -0.138. The van der Waals surface area contributed by atoms with Crippen LogP contribution in [0.3, 0.4) is 0 Å². The molecule has 1 aliphatic rings. The zero-order valence-electron chi connectivity index (χ0n) is 11.9. The van der Waals surface area contributed by atoms with Crippen molar-refractivity contribution in [2.45, 2.75) is 20.3 Å². The molecule has 0 amide bonds. The number of benzene rings is 2. The Morgan fingerprint density at radius 2 is 1.81 bits per heavy atom. The van der Waals surface area contributed by atoms with E-state index in [0.717, 1.165) is 23.1 Å². The van der Waals surface area contributed by atoms with Crippen LogP contribution in [-0.2, 0) is 16.1 Å². The van der Waals surface area contributed by atoms with Crippen LogP contribution in [0, 0.1) is 0 Å². The van der Waals surface area contributed by atoms with E-state index in [0.29, 0.717) is 11.3 Å². The summed E-state index contributed by atoms with van der Waals surface area (Å²) in [5.74, 6) is -0.513. The van der Waals surface area contributed by atoms with Gasteiger partial charge in [-0.1, -0.05) is 30.3 Å². The summed E-state index contributed by atoms with van der Waals surface area (Å²) < 4.78 is 0. The highest BCUT2D eigenvalue weighted by molar-refractivity contribution is 6.02. The van der Waals surface area contributed by atoms with Crippen molar-refractivity contribution in [2.75, 3.05) is 5.48 Å². The minimum atomic E-state index is -0.447. The molecule has 0 aromatic heterocycles. The molecule has 2 aromatic rings. The molecule has 0 saturated heterocycles. The Hall–Kier alpha value is -2.62. The molecule has 4 nitrogen and oxygen atoms in total. The molecule has 0 unspecified atom stereocenters. The fourth-order valence-electron chi connectivity index (χ4n) is 2.74. The van der Waals surface area contributed by atoms with Gasteiger partial charge in [-0.3, -0.25) is 9.59 Å².